The lowest BCUT2D eigenvalue weighted by Crippen LogP contribution is -1.95. The molecule has 0 nitrogen and oxygen atoms in total. The summed E-state index contributed by atoms with van der Waals surface area (Å²) >= 11 is 0. The SMILES string of the molecule is [CH2]C(CCCCCCCCCCCC)CCCCCCCCCCCCCCC. The Hall–Kier alpha value is 0. The van der Waals surface area contributed by atoms with E-state index in [0.29, 0.717) is 0 Å². The van der Waals surface area contributed by atoms with Gasteiger partial charge in [0.15, 0.2) is 0 Å². The van der Waals surface area contributed by atoms with Crippen molar-refractivity contribution in [1.82, 2.24) is 0 Å². The minimum atomic E-state index is 0.719. The number of hydrogen-bond donors (Lipinski definition) is 0. The molecule has 0 bridgehead atoms. The fourth-order valence-corrected chi connectivity index (χ4v) is 4.52. The first-order valence-electron chi connectivity index (χ1n) is 14.1. The van der Waals surface area contributed by atoms with Gasteiger partial charge in [0, 0.05) is 0 Å². The smallest absolute Gasteiger partial charge is 0.0414 e. The number of unbranched alkanes of at least 4 members (excludes halogenated alkanes) is 21. The lowest BCUT2D eigenvalue weighted by Gasteiger charge is -2.11. The zero-order valence-corrected chi connectivity index (χ0v) is 21.0. The molecular formula is C29H59. The van der Waals surface area contributed by atoms with E-state index in [9.17, 15) is 0 Å². The van der Waals surface area contributed by atoms with Gasteiger partial charge < -0.3 is 0 Å². The molecular weight excluding hydrogens is 348 g/mol. The van der Waals surface area contributed by atoms with Crippen molar-refractivity contribution in [2.45, 2.75) is 174 Å². The topological polar surface area (TPSA) is 0 Å². The summed E-state index contributed by atoms with van der Waals surface area (Å²) < 4.78 is 0. The molecule has 1 unspecified atom stereocenters. The van der Waals surface area contributed by atoms with Crippen LogP contribution in [0, 0.1) is 12.8 Å². The first-order valence-corrected chi connectivity index (χ1v) is 14.1. The van der Waals surface area contributed by atoms with E-state index in [1.807, 2.05) is 0 Å². The van der Waals surface area contributed by atoms with Crippen LogP contribution in [-0.4, -0.2) is 0 Å². The Kier molecular flexibility index (Phi) is 26.0. The Morgan fingerprint density at radius 2 is 0.552 bits per heavy atom. The van der Waals surface area contributed by atoms with Crippen LogP contribution in [-0.2, 0) is 0 Å². The van der Waals surface area contributed by atoms with Crippen LogP contribution >= 0.6 is 0 Å². The molecule has 0 aromatic rings. The third-order valence-corrected chi connectivity index (χ3v) is 6.68. The predicted octanol–water partition coefficient (Wildman–Crippen LogP) is 11.2. The second kappa shape index (κ2) is 26.0. The zero-order valence-electron chi connectivity index (χ0n) is 21.0. The fourth-order valence-electron chi connectivity index (χ4n) is 4.52. The van der Waals surface area contributed by atoms with Gasteiger partial charge in [0.25, 0.3) is 0 Å². The van der Waals surface area contributed by atoms with E-state index in [1.54, 1.807) is 0 Å². The van der Waals surface area contributed by atoms with Crippen LogP contribution in [0.4, 0.5) is 0 Å². The van der Waals surface area contributed by atoms with Crippen LogP contribution in [0.3, 0.4) is 0 Å². The molecule has 0 saturated heterocycles. The molecule has 0 heterocycles. The molecule has 0 aliphatic rings. The highest BCUT2D eigenvalue weighted by Gasteiger charge is 2.02. The Bertz CT molecular complexity index is 269. The Labute approximate surface area is 187 Å². The molecule has 0 spiro atoms. The van der Waals surface area contributed by atoms with Gasteiger partial charge in [0.05, 0.1) is 0 Å². The van der Waals surface area contributed by atoms with Gasteiger partial charge in [-0.1, -0.05) is 181 Å². The third-order valence-electron chi connectivity index (χ3n) is 6.68. The normalized spacial score (nSPS) is 12.5. The average molecular weight is 408 g/mol. The van der Waals surface area contributed by atoms with Gasteiger partial charge in [0.2, 0.25) is 0 Å². The Morgan fingerprint density at radius 3 is 0.793 bits per heavy atom. The van der Waals surface area contributed by atoms with E-state index in [-0.39, 0.29) is 0 Å². The first kappa shape index (κ1) is 29.0. The summed E-state index contributed by atoms with van der Waals surface area (Å²) in [5, 5.41) is 0. The van der Waals surface area contributed by atoms with Crippen LogP contribution in [0.2, 0.25) is 0 Å². The molecule has 0 aliphatic carbocycles. The van der Waals surface area contributed by atoms with Crippen LogP contribution < -0.4 is 0 Å². The van der Waals surface area contributed by atoms with E-state index >= 15 is 0 Å². The minimum absolute atomic E-state index is 0.719. The van der Waals surface area contributed by atoms with Gasteiger partial charge in [-0.05, 0) is 5.92 Å². The molecule has 0 heteroatoms. The Morgan fingerprint density at radius 1 is 0.345 bits per heavy atom. The summed E-state index contributed by atoms with van der Waals surface area (Å²) in [6.45, 7) is 9.01. The second-order valence-corrected chi connectivity index (χ2v) is 9.87. The summed E-state index contributed by atoms with van der Waals surface area (Å²) in [4.78, 5) is 0. The Balaban J connectivity index is 3.12. The average Bonchev–Trinajstić information content (AvgIpc) is 2.72. The summed E-state index contributed by atoms with van der Waals surface area (Å²) in [6, 6.07) is 0. The van der Waals surface area contributed by atoms with Crippen molar-refractivity contribution < 1.29 is 0 Å². The van der Waals surface area contributed by atoms with Crippen molar-refractivity contribution in [3.63, 3.8) is 0 Å². The lowest BCUT2D eigenvalue weighted by molar-refractivity contribution is 0.459. The molecule has 0 saturated carbocycles. The van der Waals surface area contributed by atoms with Gasteiger partial charge in [-0.2, -0.15) is 0 Å². The summed E-state index contributed by atoms with van der Waals surface area (Å²) in [5.74, 6) is 0.719. The molecule has 1 atom stereocenters. The monoisotopic (exact) mass is 407 g/mol. The van der Waals surface area contributed by atoms with E-state index < -0.39 is 0 Å². The number of hydrogen-bond acceptors (Lipinski definition) is 0. The predicted molar refractivity (Wildman–Crippen MR) is 136 cm³/mol. The quantitative estimate of drug-likeness (QED) is 0.132. The maximum atomic E-state index is 4.41. The van der Waals surface area contributed by atoms with Crippen molar-refractivity contribution in [2.24, 2.45) is 5.92 Å². The lowest BCUT2D eigenvalue weighted by atomic mass is 9.95. The molecule has 0 N–H and O–H groups in total. The molecule has 0 amide bonds. The second-order valence-electron chi connectivity index (χ2n) is 9.87. The molecule has 0 aromatic heterocycles. The van der Waals surface area contributed by atoms with Crippen molar-refractivity contribution in [3.05, 3.63) is 6.92 Å². The maximum absolute atomic E-state index is 4.41. The van der Waals surface area contributed by atoms with E-state index in [2.05, 4.69) is 20.8 Å². The van der Waals surface area contributed by atoms with Crippen molar-refractivity contribution in [3.8, 4) is 0 Å². The highest BCUT2D eigenvalue weighted by molar-refractivity contribution is 4.62. The molecule has 0 fully saturated rings. The van der Waals surface area contributed by atoms with Gasteiger partial charge in [-0.3, -0.25) is 0 Å². The van der Waals surface area contributed by atoms with E-state index in [1.165, 1.54) is 161 Å². The fraction of sp³-hybridized carbons (Fsp3) is 0.966. The van der Waals surface area contributed by atoms with Crippen LogP contribution in [0.25, 0.3) is 0 Å². The summed E-state index contributed by atoms with van der Waals surface area (Å²) in [6.07, 6.45) is 36.1. The minimum Gasteiger partial charge on any atom is -0.0654 e. The van der Waals surface area contributed by atoms with Gasteiger partial charge >= 0.3 is 0 Å². The van der Waals surface area contributed by atoms with Crippen molar-refractivity contribution in [1.29, 1.82) is 0 Å². The zero-order chi connectivity index (χ0) is 21.3. The molecule has 0 aliphatic heterocycles. The van der Waals surface area contributed by atoms with Gasteiger partial charge in [0.1, 0.15) is 0 Å². The summed E-state index contributed by atoms with van der Waals surface area (Å²) in [5.41, 5.74) is 0. The van der Waals surface area contributed by atoms with E-state index in [0.717, 1.165) is 5.92 Å². The highest BCUT2D eigenvalue weighted by atomic mass is 14.1. The maximum Gasteiger partial charge on any atom is -0.0414 e. The molecule has 175 valence electrons. The van der Waals surface area contributed by atoms with Gasteiger partial charge in [-0.15, -0.1) is 0 Å². The van der Waals surface area contributed by atoms with Crippen LogP contribution in [0.15, 0.2) is 0 Å². The third kappa shape index (κ3) is 26.0. The van der Waals surface area contributed by atoms with Crippen LogP contribution in [0.5, 0.6) is 0 Å². The van der Waals surface area contributed by atoms with E-state index in [4.69, 9.17) is 0 Å². The molecule has 29 heavy (non-hydrogen) atoms. The van der Waals surface area contributed by atoms with Crippen LogP contribution in [0.1, 0.15) is 174 Å². The first-order chi connectivity index (χ1) is 14.3. The number of rotatable bonds is 25. The molecule has 1 radical (unpaired) electrons. The largest absolute Gasteiger partial charge is 0.0654 e. The van der Waals surface area contributed by atoms with Crippen molar-refractivity contribution in [2.75, 3.05) is 0 Å². The molecule has 0 aromatic carbocycles. The molecule has 0 rings (SSSR count). The van der Waals surface area contributed by atoms with Crippen molar-refractivity contribution >= 4 is 0 Å². The highest BCUT2D eigenvalue weighted by Crippen LogP contribution is 2.19. The standard InChI is InChI=1S/C29H59/c1-4-6-8-10-12-14-16-17-18-20-22-24-26-28-29(3)27-25-23-21-19-15-13-11-9-7-5-2/h29H,3-28H2,1-2H3. The summed E-state index contributed by atoms with van der Waals surface area (Å²) in [7, 11) is 0. The van der Waals surface area contributed by atoms with Gasteiger partial charge in [-0.25, -0.2) is 0 Å².